The van der Waals surface area contributed by atoms with Gasteiger partial charge in [-0.25, -0.2) is 9.97 Å². The molecule has 1 heterocycles. The second kappa shape index (κ2) is 4.23. The van der Waals surface area contributed by atoms with Crippen LogP contribution >= 0.6 is 11.6 Å². The van der Waals surface area contributed by atoms with E-state index in [-0.39, 0.29) is 12.6 Å². The first-order valence-electron chi connectivity index (χ1n) is 3.57. The highest BCUT2D eigenvalue weighted by Gasteiger charge is 2.00. The van der Waals surface area contributed by atoms with Gasteiger partial charge in [0.25, 0.3) is 0 Å². The summed E-state index contributed by atoms with van der Waals surface area (Å²) in [5.74, 6) is 0.473. The van der Waals surface area contributed by atoms with Gasteiger partial charge in [-0.3, -0.25) is 0 Å². The molecule has 0 spiro atoms. The Morgan fingerprint density at radius 3 is 2.67 bits per heavy atom. The van der Waals surface area contributed by atoms with Crippen LogP contribution in [0.5, 0.6) is 0 Å². The minimum atomic E-state index is -0.0498. The van der Waals surface area contributed by atoms with Gasteiger partial charge in [-0.2, -0.15) is 0 Å². The van der Waals surface area contributed by atoms with Crippen LogP contribution in [0.25, 0.3) is 0 Å². The van der Waals surface area contributed by atoms with E-state index in [0.29, 0.717) is 11.0 Å². The van der Waals surface area contributed by atoms with Crippen molar-refractivity contribution in [1.82, 2.24) is 9.97 Å². The quantitative estimate of drug-likeness (QED) is 0.739. The summed E-state index contributed by atoms with van der Waals surface area (Å²) in [4.78, 5) is 7.80. The molecule has 12 heavy (non-hydrogen) atoms. The molecule has 0 radical (unpaired) electrons. The molecule has 0 unspecified atom stereocenters. The molecular formula is C7H10ClN3O. The largest absolute Gasteiger partial charge is 0.394 e. The SMILES string of the molecule is C[C@@H](CO)Nc1ncc(Cl)cn1. The molecule has 1 rings (SSSR count). The average molecular weight is 188 g/mol. The van der Waals surface area contributed by atoms with Crippen LogP contribution in [-0.2, 0) is 0 Å². The zero-order valence-corrected chi connectivity index (χ0v) is 7.41. The highest BCUT2D eigenvalue weighted by Crippen LogP contribution is 2.05. The van der Waals surface area contributed by atoms with E-state index in [1.54, 1.807) is 0 Å². The van der Waals surface area contributed by atoms with Crippen molar-refractivity contribution >= 4 is 17.5 Å². The highest BCUT2D eigenvalue weighted by atomic mass is 35.5. The lowest BCUT2D eigenvalue weighted by molar-refractivity contribution is 0.281. The third-order valence-corrected chi connectivity index (χ3v) is 1.46. The van der Waals surface area contributed by atoms with Crippen molar-refractivity contribution in [3.8, 4) is 0 Å². The van der Waals surface area contributed by atoms with Crippen molar-refractivity contribution < 1.29 is 5.11 Å². The number of nitrogens with one attached hydrogen (secondary N) is 1. The fourth-order valence-corrected chi connectivity index (χ4v) is 0.750. The van der Waals surface area contributed by atoms with Crippen LogP contribution < -0.4 is 5.32 Å². The second-order valence-corrected chi connectivity index (χ2v) is 2.89. The Bertz CT molecular complexity index is 239. The van der Waals surface area contributed by atoms with Gasteiger partial charge in [-0.05, 0) is 6.92 Å². The molecule has 4 nitrogen and oxygen atoms in total. The highest BCUT2D eigenvalue weighted by molar-refractivity contribution is 6.30. The van der Waals surface area contributed by atoms with Crippen molar-refractivity contribution in [2.24, 2.45) is 0 Å². The number of aliphatic hydroxyl groups excluding tert-OH is 1. The zero-order valence-electron chi connectivity index (χ0n) is 6.66. The fraction of sp³-hybridized carbons (Fsp3) is 0.429. The third kappa shape index (κ3) is 2.64. The average Bonchev–Trinajstić information content (AvgIpc) is 2.09. The van der Waals surface area contributed by atoms with Gasteiger partial charge in [-0.15, -0.1) is 0 Å². The van der Waals surface area contributed by atoms with Crippen LogP contribution in [-0.4, -0.2) is 27.7 Å². The van der Waals surface area contributed by atoms with Crippen molar-refractivity contribution in [2.75, 3.05) is 11.9 Å². The topological polar surface area (TPSA) is 58.0 Å². The summed E-state index contributed by atoms with van der Waals surface area (Å²) in [5, 5.41) is 12.1. The Morgan fingerprint density at radius 1 is 1.58 bits per heavy atom. The molecule has 0 bridgehead atoms. The van der Waals surface area contributed by atoms with Gasteiger partial charge in [0.15, 0.2) is 0 Å². The summed E-state index contributed by atoms with van der Waals surface area (Å²) >= 11 is 5.58. The number of hydrogen-bond donors (Lipinski definition) is 2. The van der Waals surface area contributed by atoms with E-state index in [2.05, 4.69) is 15.3 Å². The first-order valence-corrected chi connectivity index (χ1v) is 3.95. The van der Waals surface area contributed by atoms with E-state index < -0.39 is 0 Å². The Morgan fingerprint density at radius 2 is 2.17 bits per heavy atom. The van der Waals surface area contributed by atoms with Crippen LogP contribution in [0, 0.1) is 0 Å². The van der Waals surface area contributed by atoms with Crippen LogP contribution in [0.2, 0.25) is 5.02 Å². The van der Waals surface area contributed by atoms with Crippen LogP contribution in [0.1, 0.15) is 6.92 Å². The summed E-state index contributed by atoms with van der Waals surface area (Å²) in [6.45, 7) is 1.88. The number of nitrogens with zero attached hydrogens (tertiary/aromatic N) is 2. The van der Waals surface area contributed by atoms with Gasteiger partial charge in [0.1, 0.15) is 0 Å². The molecule has 0 fully saturated rings. The number of halogens is 1. The Labute approximate surface area is 75.6 Å². The zero-order chi connectivity index (χ0) is 8.97. The van der Waals surface area contributed by atoms with E-state index in [4.69, 9.17) is 16.7 Å². The number of hydrogen-bond acceptors (Lipinski definition) is 4. The molecule has 0 saturated carbocycles. The van der Waals surface area contributed by atoms with Gasteiger partial charge >= 0.3 is 0 Å². The van der Waals surface area contributed by atoms with Crippen LogP contribution in [0.15, 0.2) is 12.4 Å². The maximum atomic E-state index is 8.71. The molecule has 0 saturated heterocycles. The summed E-state index contributed by atoms with van der Waals surface area (Å²) in [6.07, 6.45) is 3.00. The summed E-state index contributed by atoms with van der Waals surface area (Å²) in [6, 6.07) is -0.0498. The Kier molecular flexibility index (Phi) is 3.25. The Hall–Kier alpha value is -0.870. The first kappa shape index (κ1) is 9.22. The molecule has 0 amide bonds. The smallest absolute Gasteiger partial charge is 0.222 e. The van der Waals surface area contributed by atoms with Crippen molar-refractivity contribution in [3.63, 3.8) is 0 Å². The lowest BCUT2D eigenvalue weighted by Crippen LogP contribution is -2.20. The molecule has 0 aliphatic heterocycles. The van der Waals surface area contributed by atoms with Gasteiger partial charge < -0.3 is 10.4 Å². The van der Waals surface area contributed by atoms with Crippen molar-refractivity contribution in [3.05, 3.63) is 17.4 Å². The molecule has 1 aromatic rings. The first-order chi connectivity index (χ1) is 5.72. The molecular weight excluding hydrogens is 178 g/mol. The summed E-state index contributed by atoms with van der Waals surface area (Å²) in [5.41, 5.74) is 0. The normalized spacial score (nSPS) is 12.6. The number of aromatic nitrogens is 2. The van der Waals surface area contributed by atoms with Crippen LogP contribution in [0.4, 0.5) is 5.95 Å². The monoisotopic (exact) mass is 187 g/mol. The lowest BCUT2D eigenvalue weighted by atomic mass is 10.4. The number of rotatable bonds is 3. The predicted molar refractivity (Wildman–Crippen MR) is 47.2 cm³/mol. The standard InChI is InChI=1S/C7H10ClN3O/c1-5(4-12)11-7-9-2-6(8)3-10-7/h2-3,5,12H,4H2,1H3,(H,9,10,11)/t5-/m0/s1. The second-order valence-electron chi connectivity index (χ2n) is 2.45. The number of anilines is 1. The molecule has 2 N–H and O–H groups in total. The maximum absolute atomic E-state index is 8.71. The molecule has 66 valence electrons. The van der Waals surface area contributed by atoms with E-state index >= 15 is 0 Å². The number of aliphatic hydroxyl groups is 1. The minimum absolute atomic E-state index is 0.0476. The summed E-state index contributed by atoms with van der Waals surface area (Å²) in [7, 11) is 0. The lowest BCUT2D eigenvalue weighted by Gasteiger charge is -2.09. The van der Waals surface area contributed by atoms with Crippen molar-refractivity contribution in [2.45, 2.75) is 13.0 Å². The predicted octanol–water partition coefficient (Wildman–Crippen LogP) is 0.923. The van der Waals surface area contributed by atoms with Gasteiger partial charge in [0, 0.05) is 6.04 Å². The van der Waals surface area contributed by atoms with E-state index in [1.165, 1.54) is 12.4 Å². The van der Waals surface area contributed by atoms with Gasteiger partial charge in [0.05, 0.1) is 24.0 Å². The van der Waals surface area contributed by atoms with E-state index in [1.807, 2.05) is 6.92 Å². The van der Waals surface area contributed by atoms with E-state index in [0.717, 1.165) is 0 Å². The third-order valence-electron chi connectivity index (χ3n) is 1.27. The summed E-state index contributed by atoms with van der Waals surface area (Å²) < 4.78 is 0. The Balaban J connectivity index is 2.58. The van der Waals surface area contributed by atoms with E-state index in [9.17, 15) is 0 Å². The molecule has 1 aromatic heterocycles. The molecule has 1 atom stereocenters. The van der Waals surface area contributed by atoms with Crippen LogP contribution in [0.3, 0.4) is 0 Å². The molecule has 0 aromatic carbocycles. The minimum Gasteiger partial charge on any atom is -0.394 e. The molecule has 0 aliphatic rings. The van der Waals surface area contributed by atoms with Gasteiger partial charge in [-0.1, -0.05) is 11.6 Å². The van der Waals surface area contributed by atoms with Gasteiger partial charge in [0.2, 0.25) is 5.95 Å². The molecule has 5 heteroatoms. The maximum Gasteiger partial charge on any atom is 0.222 e. The van der Waals surface area contributed by atoms with Crippen molar-refractivity contribution in [1.29, 1.82) is 0 Å². The fourth-order valence-electron chi connectivity index (χ4n) is 0.653. The molecule has 0 aliphatic carbocycles.